The molecule has 1 atom stereocenters. The van der Waals surface area contributed by atoms with Crippen molar-refractivity contribution in [2.24, 2.45) is 0 Å². The van der Waals surface area contributed by atoms with Crippen molar-refractivity contribution in [3.8, 4) is 0 Å². The Morgan fingerprint density at radius 3 is 2.07 bits per heavy atom. The quantitative estimate of drug-likeness (QED) is 0.494. The van der Waals surface area contributed by atoms with E-state index in [9.17, 15) is 9.59 Å². The third-order valence-corrected chi connectivity index (χ3v) is 7.84. The maximum absolute atomic E-state index is 12.4. The Morgan fingerprint density at radius 1 is 0.857 bits per heavy atom. The van der Waals surface area contributed by atoms with Gasteiger partial charge in [0.2, 0.25) is 6.41 Å². The van der Waals surface area contributed by atoms with Crippen LogP contribution in [0.3, 0.4) is 0 Å². The summed E-state index contributed by atoms with van der Waals surface area (Å²) >= 11 is 0. The van der Waals surface area contributed by atoms with E-state index in [4.69, 9.17) is 0 Å². The molecular formula is C22H24N2O2S2. The first-order valence-electron chi connectivity index (χ1n) is 9.79. The van der Waals surface area contributed by atoms with Crippen molar-refractivity contribution in [3.05, 3.63) is 59.7 Å². The van der Waals surface area contributed by atoms with E-state index in [0.717, 1.165) is 62.2 Å². The van der Waals surface area contributed by atoms with Gasteiger partial charge in [-0.05, 0) is 67.6 Å². The van der Waals surface area contributed by atoms with E-state index in [-0.39, 0.29) is 11.9 Å². The van der Waals surface area contributed by atoms with Gasteiger partial charge < -0.3 is 9.80 Å². The van der Waals surface area contributed by atoms with E-state index < -0.39 is 0 Å². The van der Waals surface area contributed by atoms with E-state index in [1.165, 1.54) is 10.5 Å². The molecular weight excluding hydrogens is 388 g/mol. The Labute approximate surface area is 174 Å². The Hall–Kier alpha value is -1.92. The summed E-state index contributed by atoms with van der Waals surface area (Å²) in [6, 6.07) is 16.7. The highest BCUT2D eigenvalue weighted by Gasteiger charge is 2.24. The smallest absolute Gasteiger partial charge is 0.253 e. The van der Waals surface area contributed by atoms with Crippen molar-refractivity contribution in [2.75, 3.05) is 19.6 Å². The number of hydrogen-bond donors (Lipinski definition) is 0. The fraction of sp³-hybridized carbons (Fsp3) is 0.364. The molecule has 0 aliphatic carbocycles. The summed E-state index contributed by atoms with van der Waals surface area (Å²) < 4.78 is 0. The molecule has 0 spiro atoms. The van der Waals surface area contributed by atoms with Crippen LogP contribution in [0.2, 0.25) is 0 Å². The van der Waals surface area contributed by atoms with Gasteiger partial charge in [0.25, 0.3) is 5.91 Å². The minimum Gasteiger partial charge on any atom is -0.339 e. The van der Waals surface area contributed by atoms with E-state index in [1.807, 2.05) is 34.1 Å². The topological polar surface area (TPSA) is 40.6 Å². The number of carbonyl (C=O) groups excluding carboxylic acids is 2. The molecule has 0 bridgehead atoms. The lowest BCUT2D eigenvalue weighted by Crippen LogP contribution is -2.27. The maximum Gasteiger partial charge on any atom is 0.253 e. The zero-order chi connectivity index (χ0) is 19.3. The Kier molecular flexibility index (Phi) is 6.27. The monoisotopic (exact) mass is 412 g/mol. The largest absolute Gasteiger partial charge is 0.339 e. The van der Waals surface area contributed by atoms with Crippen molar-refractivity contribution in [1.82, 2.24) is 9.80 Å². The van der Waals surface area contributed by atoms with Crippen LogP contribution in [0.1, 0.15) is 47.6 Å². The molecule has 2 aliphatic heterocycles. The van der Waals surface area contributed by atoms with E-state index in [1.54, 1.807) is 21.6 Å². The number of nitrogens with zero attached hydrogens (tertiary/aromatic N) is 2. The molecule has 2 aromatic rings. The molecule has 2 saturated heterocycles. The fourth-order valence-corrected chi connectivity index (χ4v) is 5.80. The minimum absolute atomic E-state index is 0.147. The molecule has 1 unspecified atom stereocenters. The van der Waals surface area contributed by atoms with Crippen LogP contribution in [-0.2, 0) is 4.79 Å². The summed E-state index contributed by atoms with van der Waals surface area (Å²) in [6.07, 6.45) is 5.31. The van der Waals surface area contributed by atoms with Crippen LogP contribution in [-0.4, -0.2) is 41.8 Å². The Bertz CT molecular complexity index is 817. The molecule has 2 aliphatic rings. The first kappa shape index (κ1) is 19.4. The van der Waals surface area contributed by atoms with Crippen LogP contribution in [0.15, 0.2) is 58.3 Å². The first-order valence-corrected chi connectivity index (χ1v) is 11.9. The molecule has 2 heterocycles. The second-order valence-electron chi connectivity index (χ2n) is 7.26. The van der Waals surface area contributed by atoms with Crippen LogP contribution in [0, 0.1) is 0 Å². The van der Waals surface area contributed by atoms with Gasteiger partial charge in [-0.2, -0.15) is 0 Å². The molecule has 0 saturated carbocycles. The highest BCUT2D eigenvalue weighted by molar-refractivity contribution is 8.76. The second-order valence-corrected chi connectivity index (χ2v) is 9.54. The second kappa shape index (κ2) is 9.05. The van der Waals surface area contributed by atoms with Gasteiger partial charge in [0.05, 0.1) is 6.04 Å². The summed E-state index contributed by atoms with van der Waals surface area (Å²) in [5.74, 6) is 0.147. The zero-order valence-electron chi connectivity index (χ0n) is 15.8. The third kappa shape index (κ3) is 4.39. The van der Waals surface area contributed by atoms with Gasteiger partial charge in [-0.1, -0.05) is 33.7 Å². The molecule has 2 amide bonds. The third-order valence-electron chi connectivity index (χ3n) is 5.42. The van der Waals surface area contributed by atoms with Gasteiger partial charge in [-0.15, -0.1) is 0 Å². The lowest BCUT2D eigenvalue weighted by atomic mass is 10.1. The summed E-state index contributed by atoms with van der Waals surface area (Å²) in [7, 11) is 3.40. The summed E-state index contributed by atoms with van der Waals surface area (Å²) in [6.45, 7) is 2.62. The number of carbonyl (C=O) groups is 2. The van der Waals surface area contributed by atoms with E-state index in [0.29, 0.717) is 0 Å². The van der Waals surface area contributed by atoms with E-state index >= 15 is 0 Å². The summed E-state index contributed by atoms with van der Waals surface area (Å²) in [4.78, 5) is 29.7. The summed E-state index contributed by atoms with van der Waals surface area (Å²) in [5.41, 5.74) is 1.99. The molecule has 2 fully saturated rings. The highest BCUT2D eigenvalue weighted by Crippen LogP contribution is 2.38. The van der Waals surface area contributed by atoms with Crippen molar-refractivity contribution >= 4 is 33.9 Å². The lowest BCUT2D eigenvalue weighted by molar-refractivity contribution is -0.118. The average molecular weight is 413 g/mol. The molecule has 0 radical (unpaired) electrons. The van der Waals surface area contributed by atoms with Gasteiger partial charge in [0, 0.05) is 35.0 Å². The van der Waals surface area contributed by atoms with Crippen LogP contribution in [0.25, 0.3) is 0 Å². The molecule has 4 rings (SSSR count). The van der Waals surface area contributed by atoms with E-state index in [2.05, 4.69) is 24.3 Å². The van der Waals surface area contributed by atoms with Gasteiger partial charge in [-0.25, -0.2) is 0 Å². The Morgan fingerprint density at radius 2 is 1.46 bits per heavy atom. The molecule has 146 valence electrons. The molecule has 6 heteroatoms. The SMILES string of the molecule is O=CN1CCCC1c1ccc(SSc2ccc(C(=O)N3CCCC3)cc2)cc1. The lowest BCUT2D eigenvalue weighted by Gasteiger charge is -2.20. The molecule has 0 aromatic heterocycles. The molecule has 0 N–H and O–H groups in total. The number of hydrogen-bond acceptors (Lipinski definition) is 4. The normalized spacial score (nSPS) is 19.2. The number of likely N-dealkylation sites (tertiary alicyclic amines) is 2. The zero-order valence-corrected chi connectivity index (χ0v) is 17.4. The van der Waals surface area contributed by atoms with Crippen molar-refractivity contribution < 1.29 is 9.59 Å². The number of benzene rings is 2. The van der Waals surface area contributed by atoms with Gasteiger partial charge in [0.1, 0.15) is 0 Å². The van der Waals surface area contributed by atoms with Crippen molar-refractivity contribution in [3.63, 3.8) is 0 Å². The van der Waals surface area contributed by atoms with Crippen LogP contribution in [0.4, 0.5) is 0 Å². The maximum atomic E-state index is 12.4. The number of rotatable bonds is 6. The first-order chi connectivity index (χ1) is 13.7. The van der Waals surface area contributed by atoms with Gasteiger partial charge in [0.15, 0.2) is 0 Å². The standard InChI is InChI=1S/C22H24N2O2S2/c25-16-24-15-3-4-21(24)17-5-9-19(10-6-17)27-28-20-11-7-18(8-12-20)22(26)23-13-1-2-14-23/h5-12,16,21H,1-4,13-15H2. The average Bonchev–Trinajstić information content (AvgIpc) is 3.44. The predicted molar refractivity (Wildman–Crippen MR) is 114 cm³/mol. The van der Waals surface area contributed by atoms with Crippen LogP contribution >= 0.6 is 21.6 Å². The highest BCUT2D eigenvalue weighted by atomic mass is 33.1. The molecule has 2 aromatic carbocycles. The van der Waals surface area contributed by atoms with Crippen molar-refractivity contribution in [1.29, 1.82) is 0 Å². The Balaban J connectivity index is 1.33. The fourth-order valence-electron chi connectivity index (χ4n) is 3.87. The van der Waals surface area contributed by atoms with Crippen molar-refractivity contribution in [2.45, 2.75) is 41.5 Å². The summed E-state index contributed by atoms with van der Waals surface area (Å²) in [5, 5.41) is 0. The van der Waals surface area contributed by atoms with Crippen LogP contribution < -0.4 is 0 Å². The minimum atomic E-state index is 0.147. The van der Waals surface area contributed by atoms with Gasteiger partial charge >= 0.3 is 0 Å². The predicted octanol–water partition coefficient (Wildman–Crippen LogP) is 5.02. The number of amides is 2. The molecule has 4 nitrogen and oxygen atoms in total. The molecule has 28 heavy (non-hydrogen) atoms. The van der Waals surface area contributed by atoms with Gasteiger partial charge in [-0.3, -0.25) is 9.59 Å². The van der Waals surface area contributed by atoms with Crippen LogP contribution in [0.5, 0.6) is 0 Å².